The Labute approximate surface area is 123 Å². The second kappa shape index (κ2) is 6.41. The van der Waals surface area contributed by atoms with E-state index in [1.165, 1.54) is 13.2 Å². The quantitative estimate of drug-likeness (QED) is 0.626. The predicted octanol–water partition coefficient (Wildman–Crippen LogP) is 2.38. The van der Waals surface area contributed by atoms with Crippen LogP contribution in [0.15, 0.2) is 54.6 Å². The summed E-state index contributed by atoms with van der Waals surface area (Å²) in [6, 6.07) is 14.5. The molecule has 2 aromatic carbocycles. The second-order valence-electron chi connectivity index (χ2n) is 4.29. The van der Waals surface area contributed by atoms with Crippen molar-refractivity contribution in [3.63, 3.8) is 0 Å². The Balaban J connectivity index is 2.15. The van der Waals surface area contributed by atoms with E-state index in [4.69, 9.17) is 4.18 Å². The summed E-state index contributed by atoms with van der Waals surface area (Å²) in [6.07, 6.45) is 0. The summed E-state index contributed by atoms with van der Waals surface area (Å²) in [5.41, 5.74) is 0.749. The molecule has 0 fully saturated rings. The molecule has 2 aromatic rings. The van der Waals surface area contributed by atoms with Gasteiger partial charge in [0.15, 0.2) is 0 Å². The summed E-state index contributed by atoms with van der Waals surface area (Å²) in [7, 11) is -2.52. The van der Waals surface area contributed by atoms with Crippen LogP contribution in [0.4, 0.5) is 0 Å². The number of para-hydroxylation sites is 1. The standard InChI is InChI=1S/C15H14O5S/c1-19-15(16)13-7-5-6-12(10-13)11-21(17,18)20-14-8-3-2-4-9-14/h2-10H,11H2,1H3. The first-order chi connectivity index (χ1) is 10.00. The number of ether oxygens (including phenoxy) is 1. The van der Waals surface area contributed by atoms with Crippen LogP contribution >= 0.6 is 0 Å². The highest BCUT2D eigenvalue weighted by atomic mass is 32.2. The van der Waals surface area contributed by atoms with Crippen LogP contribution < -0.4 is 4.18 Å². The maximum Gasteiger partial charge on any atom is 0.337 e. The number of methoxy groups -OCH3 is 1. The molecule has 0 bridgehead atoms. The lowest BCUT2D eigenvalue weighted by Gasteiger charge is -2.07. The third kappa shape index (κ3) is 4.32. The van der Waals surface area contributed by atoms with E-state index >= 15 is 0 Å². The van der Waals surface area contributed by atoms with E-state index in [0.717, 1.165) is 0 Å². The SMILES string of the molecule is COC(=O)c1cccc(CS(=O)(=O)Oc2ccccc2)c1. The number of hydrogen-bond donors (Lipinski definition) is 0. The molecule has 0 unspecified atom stereocenters. The van der Waals surface area contributed by atoms with Gasteiger partial charge in [-0.1, -0.05) is 30.3 Å². The maximum atomic E-state index is 12.0. The van der Waals surface area contributed by atoms with E-state index in [1.807, 2.05) is 0 Å². The van der Waals surface area contributed by atoms with Gasteiger partial charge in [-0.3, -0.25) is 0 Å². The van der Waals surface area contributed by atoms with Gasteiger partial charge >= 0.3 is 16.1 Å². The highest BCUT2D eigenvalue weighted by molar-refractivity contribution is 7.86. The van der Waals surface area contributed by atoms with Gasteiger partial charge < -0.3 is 8.92 Å². The van der Waals surface area contributed by atoms with Gasteiger partial charge in [0.05, 0.1) is 12.7 Å². The van der Waals surface area contributed by atoms with Gasteiger partial charge in [0, 0.05) is 0 Å². The van der Waals surface area contributed by atoms with Gasteiger partial charge in [-0.2, -0.15) is 8.42 Å². The fourth-order valence-corrected chi connectivity index (χ4v) is 2.81. The van der Waals surface area contributed by atoms with Gasteiger partial charge in [0.25, 0.3) is 0 Å². The lowest BCUT2D eigenvalue weighted by Crippen LogP contribution is -2.12. The van der Waals surface area contributed by atoms with Crippen LogP contribution in [0.1, 0.15) is 15.9 Å². The van der Waals surface area contributed by atoms with Crippen molar-refractivity contribution in [2.75, 3.05) is 7.11 Å². The second-order valence-corrected chi connectivity index (χ2v) is 5.86. The van der Waals surface area contributed by atoms with Gasteiger partial charge in [-0.05, 0) is 29.8 Å². The van der Waals surface area contributed by atoms with Crippen LogP contribution in [0.25, 0.3) is 0 Å². The third-order valence-corrected chi connectivity index (χ3v) is 3.79. The average Bonchev–Trinajstić information content (AvgIpc) is 2.46. The van der Waals surface area contributed by atoms with Gasteiger partial charge in [0.2, 0.25) is 0 Å². The molecule has 0 amide bonds. The molecule has 0 spiro atoms. The molecule has 6 heteroatoms. The van der Waals surface area contributed by atoms with Crippen molar-refractivity contribution < 1.29 is 22.1 Å². The van der Waals surface area contributed by atoms with E-state index in [2.05, 4.69) is 4.74 Å². The minimum atomic E-state index is -3.79. The lowest BCUT2D eigenvalue weighted by atomic mass is 10.1. The summed E-state index contributed by atoms with van der Waals surface area (Å²) in [4.78, 5) is 11.4. The molecule has 0 saturated heterocycles. The normalized spacial score (nSPS) is 10.9. The Morgan fingerprint density at radius 1 is 1.05 bits per heavy atom. The Morgan fingerprint density at radius 3 is 2.43 bits per heavy atom. The summed E-state index contributed by atoms with van der Waals surface area (Å²) >= 11 is 0. The Bertz CT molecular complexity index is 723. The smallest absolute Gasteiger partial charge is 0.337 e. The number of esters is 1. The zero-order valence-electron chi connectivity index (χ0n) is 11.4. The van der Waals surface area contributed by atoms with Crippen molar-refractivity contribution in [3.05, 3.63) is 65.7 Å². The topological polar surface area (TPSA) is 69.7 Å². The van der Waals surface area contributed by atoms with Gasteiger partial charge in [-0.25, -0.2) is 4.79 Å². The van der Waals surface area contributed by atoms with Crippen LogP contribution in [-0.2, 0) is 20.6 Å². The van der Waals surface area contributed by atoms with Crippen molar-refractivity contribution in [2.24, 2.45) is 0 Å². The number of rotatable bonds is 5. The summed E-state index contributed by atoms with van der Waals surface area (Å²) in [5.74, 6) is -0.591. The monoisotopic (exact) mass is 306 g/mol. The molecular weight excluding hydrogens is 292 g/mol. The molecule has 0 atom stereocenters. The molecule has 2 rings (SSSR count). The Morgan fingerprint density at radius 2 is 1.76 bits per heavy atom. The first kappa shape index (κ1) is 15.1. The molecule has 0 heterocycles. The van der Waals surface area contributed by atoms with E-state index in [9.17, 15) is 13.2 Å². The van der Waals surface area contributed by atoms with Crippen molar-refractivity contribution in [3.8, 4) is 5.75 Å². The van der Waals surface area contributed by atoms with E-state index in [0.29, 0.717) is 11.1 Å². The number of carbonyl (C=O) groups excluding carboxylic acids is 1. The van der Waals surface area contributed by atoms with Gasteiger partial charge in [0.1, 0.15) is 11.5 Å². The van der Waals surface area contributed by atoms with Crippen LogP contribution in [-0.4, -0.2) is 21.5 Å². The molecule has 0 saturated carbocycles. The van der Waals surface area contributed by atoms with Crippen LogP contribution in [0.2, 0.25) is 0 Å². The summed E-state index contributed by atoms with van der Waals surface area (Å²) < 4.78 is 33.5. The van der Waals surface area contributed by atoms with Crippen molar-refractivity contribution >= 4 is 16.1 Å². The van der Waals surface area contributed by atoms with E-state index < -0.39 is 16.1 Å². The summed E-state index contributed by atoms with van der Waals surface area (Å²) in [5, 5.41) is 0. The fraction of sp³-hybridized carbons (Fsp3) is 0.133. The maximum absolute atomic E-state index is 12.0. The molecule has 21 heavy (non-hydrogen) atoms. The average molecular weight is 306 g/mol. The molecule has 0 aliphatic rings. The van der Waals surface area contributed by atoms with E-state index in [-0.39, 0.29) is 11.5 Å². The molecule has 0 radical (unpaired) electrons. The number of hydrogen-bond acceptors (Lipinski definition) is 5. The summed E-state index contributed by atoms with van der Waals surface area (Å²) in [6.45, 7) is 0. The van der Waals surface area contributed by atoms with Gasteiger partial charge in [-0.15, -0.1) is 0 Å². The highest BCUT2D eigenvalue weighted by Crippen LogP contribution is 2.16. The first-order valence-electron chi connectivity index (χ1n) is 6.14. The highest BCUT2D eigenvalue weighted by Gasteiger charge is 2.15. The molecular formula is C15H14O5S. The molecule has 5 nitrogen and oxygen atoms in total. The van der Waals surface area contributed by atoms with Crippen molar-refractivity contribution in [2.45, 2.75) is 5.75 Å². The largest absolute Gasteiger partial charge is 0.465 e. The fourth-order valence-electron chi connectivity index (χ4n) is 1.76. The molecule has 0 aliphatic carbocycles. The lowest BCUT2D eigenvalue weighted by molar-refractivity contribution is 0.0600. The van der Waals surface area contributed by atoms with Crippen LogP contribution in [0.5, 0.6) is 5.75 Å². The minimum Gasteiger partial charge on any atom is -0.465 e. The van der Waals surface area contributed by atoms with Crippen molar-refractivity contribution in [1.29, 1.82) is 0 Å². The number of carbonyl (C=O) groups is 1. The molecule has 0 N–H and O–H groups in total. The molecule has 0 aromatic heterocycles. The third-order valence-electron chi connectivity index (χ3n) is 2.66. The Hall–Kier alpha value is -2.34. The molecule has 110 valence electrons. The van der Waals surface area contributed by atoms with Crippen LogP contribution in [0, 0.1) is 0 Å². The zero-order chi connectivity index (χ0) is 15.3. The number of benzene rings is 2. The zero-order valence-corrected chi connectivity index (χ0v) is 12.2. The van der Waals surface area contributed by atoms with Crippen molar-refractivity contribution in [1.82, 2.24) is 0 Å². The predicted molar refractivity (Wildman–Crippen MR) is 77.5 cm³/mol. The van der Waals surface area contributed by atoms with E-state index in [1.54, 1.807) is 48.5 Å². The van der Waals surface area contributed by atoms with Crippen LogP contribution in [0.3, 0.4) is 0 Å². The minimum absolute atomic E-state index is 0.252. The molecule has 0 aliphatic heterocycles. The first-order valence-corrected chi connectivity index (χ1v) is 7.72. The Kier molecular flexibility index (Phi) is 4.59.